The number of hydrogen-bond donors (Lipinski definition) is 0. The van der Waals surface area contributed by atoms with Crippen LogP contribution in [0.25, 0.3) is 0 Å². The Morgan fingerprint density at radius 1 is 0.625 bits per heavy atom. The molecule has 0 aliphatic rings. The van der Waals surface area contributed by atoms with Gasteiger partial charge in [0.15, 0.2) is 0 Å². The van der Waals surface area contributed by atoms with Crippen molar-refractivity contribution in [3.05, 3.63) is 19.7 Å². The van der Waals surface area contributed by atoms with Crippen LogP contribution in [-0.2, 0) is 44.8 Å². The number of hydrogen-bond acceptors (Lipinski definition) is 3. The molecule has 49 valence electrons. The van der Waals surface area contributed by atoms with E-state index in [1.807, 2.05) is 0 Å². The minimum atomic E-state index is 0. The molecule has 0 fully saturated rings. The third kappa shape index (κ3) is 59600. The van der Waals surface area contributed by atoms with Crippen LogP contribution in [-0.4, -0.2) is 0 Å². The van der Waals surface area contributed by atoms with E-state index in [9.17, 15) is 0 Å². The maximum Gasteiger partial charge on any atom is 3.00 e. The van der Waals surface area contributed by atoms with Crippen molar-refractivity contribution >= 4 is 0 Å². The zero-order chi connectivity index (χ0) is 6.00. The van der Waals surface area contributed by atoms with Crippen molar-refractivity contribution in [3.63, 3.8) is 0 Å². The van der Waals surface area contributed by atoms with Crippen LogP contribution in [0, 0.1) is 35.5 Å². The smallest absolute Gasteiger partial charge is 0.512 e. The van der Waals surface area contributed by atoms with Crippen molar-refractivity contribution < 1.29 is 44.8 Å². The normalized spacial score (nSPS) is 0.750. The second-order valence-electron chi connectivity index (χ2n) is 0. The second kappa shape index (κ2) is 101000. The van der Waals surface area contributed by atoms with E-state index < -0.39 is 0 Å². The van der Waals surface area contributed by atoms with Gasteiger partial charge in [0.05, 0.1) is 0 Å². The Bertz CT molecular complexity index is 43.0. The summed E-state index contributed by atoms with van der Waals surface area (Å²) in [4.78, 5) is 0. The van der Waals surface area contributed by atoms with Gasteiger partial charge in [-0.3, -0.25) is 0 Å². The number of nitrogens with zero attached hydrogens (tertiary/aromatic N) is 3. The fourth-order valence-electron chi connectivity index (χ4n) is 0. The van der Waals surface area contributed by atoms with E-state index in [0.717, 1.165) is 0 Å². The summed E-state index contributed by atoms with van der Waals surface area (Å²) in [7, 11) is 0. The van der Waals surface area contributed by atoms with E-state index in [2.05, 4.69) is 0 Å². The van der Waals surface area contributed by atoms with Gasteiger partial charge in [0, 0.05) is 22.4 Å². The standard InChI is InChI=1S/3CN.Ag.Au/c3*1-2;;/q3*-1;;+3. The molecule has 8 heavy (non-hydrogen) atoms. The molecule has 3 nitrogen and oxygen atoms in total. The average molecular weight is 383 g/mol. The minimum Gasteiger partial charge on any atom is -0.512 e. The summed E-state index contributed by atoms with van der Waals surface area (Å²) in [5.41, 5.74) is 0. The van der Waals surface area contributed by atoms with E-state index in [1.54, 1.807) is 0 Å². The molecule has 0 aromatic carbocycles. The van der Waals surface area contributed by atoms with Gasteiger partial charge in [-0.2, -0.15) is 0 Å². The summed E-state index contributed by atoms with van der Waals surface area (Å²) in [6, 6.07) is 0. The molecule has 0 aliphatic heterocycles. The summed E-state index contributed by atoms with van der Waals surface area (Å²) >= 11 is 0. The van der Waals surface area contributed by atoms with Crippen LogP contribution in [0.5, 0.6) is 0 Å². The van der Waals surface area contributed by atoms with Crippen molar-refractivity contribution in [1.29, 1.82) is 15.8 Å². The molecule has 0 atom stereocenters. The molecule has 0 bridgehead atoms. The van der Waals surface area contributed by atoms with Gasteiger partial charge >= 0.3 is 22.4 Å². The SMILES string of the molecule is [Ag].[Au+3].[C-]#N.[C-]#N.[C-]#N. The van der Waals surface area contributed by atoms with Gasteiger partial charge in [-0.15, -0.1) is 0 Å². The van der Waals surface area contributed by atoms with Crippen LogP contribution >= 0.6 is 0 Å². The van der Waals surface area contributed by atoms with Crippen molar-refractivity contribution in [1.82, 2.24) is 0 Å². The Balaban J connectivity index is -0.00000000500. The van der Waals surface area contributed by atoms with Crippen LogP contribution in [0.2, 0.25) is 0 Å². The van der Waals surface area contributed by atoms with E-state index in [1.165, 1.54) is 0 Å². The Hall–Kier alpha value is -0.0495. The van der Waals surface area contributed by atoms with Gasteiger partial charge in [-0.1, -0.05) is 0 Å². The first-order valence-corrected chi connectivity index (χ1v) is 0.671. The maximum atomic E-state index is 6.25. The van der Waals surface area contributed by atoms with Gasteiger partial charge in [0.1, 0.15) is 0 Å². The summed E-state index contributed by atoms with van der Waals surface area (Å²) in [5.74, 6) is 0. The molecule has 0 amide bonds. The van der Waals surface area contributed by atoms with E-state index in [-0.39, 0.29) is 44.8 Å². The van der Waals surface area contributed by atoms with Crippen LogP contribution in [0.15, 0.2) is 0 Å². The summed E-state index contributed by atoms with van der Waals surface area (Å²) in [6.45, 7) is 14.2. The van der Waals surface area contributed by atoms with Crippen LogP contribution in [0.3, 0.4) is 0 Å². The van der Waals surface area contributed by atoms with Gasteiger partial charge in [0.2, 0.25) is 0 Å². The monoisotopic (exact) mass is 382 g/mol. The molecule has 0 saturated carbocycles. The van der Waals surface area contributed by atoms with E-state index in [4.69, 9.17) is 35.5 Å². The van der Waals surface area contributed by atoms with Crippen molar-refractivity contribution in [2.45, 2.75) is 0 Å². The first-order chi connectivity index (χ1) is 3.00. The third-order valence-corrected chi connectivity index (χ3v) is 0. The zero-order valence-corrected chi connectivity index (χ0v) is 7.09. The fraction of sp³-hybridized carbons (Fsp3) is 0. The van der Waals surface area contributed by atoms with Crippen molar-refractivity contribution in [2.24, 2.45) is 0 Å². The van der Waals surface area contributed by atoms with Crippen molar-refractivity contribution in [2.75, 3.05) is 0 Å². The van der Waals surface area contributed by atoms with E-state index >= 15 is 0 Å². The molecule has 0 aromatic rings. The molecule has 0 spiro atoms. The summed E-state index contributed by atoms with van der Waals surface area (Å²) in [6.07, 6.45) is 0. The Morgan fingerprint density at radius 3 is 0.625 bits per heavy atom. The van der Waals surface area contributed by atoms with E-state index in [0.29, 0.717) is 0 Å². The topological polar surface area (TPSA) is 71.4 Å². The number of rotatable bonds is 0. The fourth-order valence-corrected chi connectivity index (χ4v) is 0. The molecule has 5 heteroatoms. The second-order valence-corrected chi connectivity index (χ2v) is 0. The Kier molecular flexibility index (Phi) is 554000. The molecule has 0 aromatic heterocycles. The molecule has 1 radical (unpaired) electrons. The summed E-state index contributed by atoms with van der Waals surface area (Å²) < 4.78 is 0. The molecular weight excluding hydrogens is 383 g/mol. The van der Waals surface area contributed by atoms with Crippen molar-refractivity contribution in [3.8, 4) is 0 Å². The van der Waals surface area contributed by atoms with Crippen LogP contribution < -0.4 is 0 Å². The third-order valence-electron chi connectivity index (χ3n) is 0. The van der Waals surface area contributed by atoms with Crippen LogP contribution in [0.4, 0.5) is 0 Å². The Morgan fingerprint density at radius 2 is 0.625 bits per heavy atom. The summed E-state index contributed by atoms with van der Waals surface area (Å²) in [5, 5.41) is 18.8. The Labute approximate surface area is 79.9 Å². The van der Waals surface area contributed by atoms with Gasteiger partial charge < -0.3 is 35.5 Å². The predicted octanol–water partition coefficient (Wildman–Crippen LogP) is 0.284. The van der Waals surface area contributed by atoms with Gasteiger partial charge in [0.25, 0.3) is 0 Å². The van der Waals surface area contributed by atoms with Crippen LogP contribution in [0.1, 0.15) is 0 Å². The quantitative estimate of drug-likeness (QED) is 0.446. The molecule has 0 N–H and O–H groups in total. The van der Waals surface area contributed by atoms with Gasteiger partial charge in [-0.05, 0) is 0 Å². The molecule has 0 heterocycles. The molecular formula is C3AgAuN3. The molecule has 0 aliphatic carbocycles. The predicted molar refractivity (Wildman–Crippen MR) is 14.9 cm³/mol. The first-order valence-electron chi connectivity index (χ1n) is 0.671. The largest absolute Gasteiger partial charge is 3.00 e. The minimum absolute atomic E-state index is 0. The maximum absolute atomic E-state index is 6.25. The van der Waals surface area contributed by atoms with Gasteiger partial charge in [-0.25, -0.2) is 0 Å². The molecule has 0 unspecified atom stereocenters. The average Bonchev–Trinajstić information content (AvgIpc) is 1.81. The molecule has 0 rings (SSSR count). The first kappa shape index (κ1) is 44.1. The molecule has 0 saturated heterocycles. The zero-order valence-electron chi connectivity index (χ0n) is 3.44.